The van der Waals surface area contributed by atoms with Crippen molar-refractivity contribution >= 4 is 35.3 Å². The van der Waals surface area contributed by atoms with E-state index in [-0.39, 0.29) is 37.1 Å². The fraction of sp³-hybridized carbons (Fsp3) is 0.559. The van der Waals surface area contributed by atoms with E-state index in [1.807, 2.05) is 24.3 Å². The average molecular weight is 692 g/mol. The number of rotatable bonds is 6. The lowest BCUT2D eigenvalue weighted by Crippen LogP contribution is -2.53. The summed E-state index contributed by atoms with van der Waals surface area (Å²) in [6.07, 6.45) is -1.32. The minimum Gasteiger partial charge on any atom is -0.506 e. The summed E-state index contributed by atoms with van der Waals surface area (Å²) in [4.78, 5) is 47.5. The van der Waals surface area contributed by atoms with Gasteiger partial charge in [-0.15, -0.1) is 0 Å². The van der Waals surface area contributed by atoms with Crippen LogP contribution in [0, 0.1) is 0 Å². The number of nitrogens with one attached hydrogen (secondary N) is 1. The second kappa shape index (κ2) is 14.4. The van der Waals surface area contributed by atoms with E-state index in [1.54, 1.807) is 9.80 Å². The summed E-state index contributed by atoms with van der Waals surface area (Å²) in [5.41, 5.74) is 0.470. The Hall–Kier alpha value is -3.71. The fourth-order valence-corrected chi connectivity index (χ4v) is 7.64. The molecule has 48 heavy (non-hydrogen) atoms. The lowest BCUT2D eigenvalue weighted by Gasteiger charge is -2.41. The Morgan fingerprint density at radius 1 is 0.938 bits per heavy atom. The zero-order valence-corrected chi connectivity index (χ0v) is 27.4. The second-order valence-electron chi connectivity index (χ2n) is 13.1. The van der Waals surface area contributed by atoms with Gasteiger partial charge in [0.25, 0.3) is 5.91 Å². The van der Waals surface area contributed by atoms with E-state index < -0.39 is 40.6 Å². The van der Waals surface area contributed by atoms with Gasteiger partial charge >= 0.3 is 18.3 Å². The van der Waals surface area contributed by atoms with Crippen molar-refractivity contribution in [1.29, 1.82) is 0 Å². The Balaban J connectivity index is 1.13. The summed E-state index contributed by atoms with van der Waals surface area (Å²) in [5, 5.41) is 12.4. The number of carbonyl (C=O) groups excluding carboxylic acids is 3. The summed E-state index contributed by atoms with van der Waals surface area (Å²) >= 11 is 5.97. The molecule has 0 bridgehead atoms. The van der Waals surface area contributed by atoms with Crippen molar-refractivity contribution < 1.29 is 37.4 Å². The van der Waals surface area contributed by atoms with Gasteiger partial charge in [-0.1, -0.05) is 36.2 Å². The van der Waals surface area contributed by atoms with E-state index in [0.29, 0.717) is 38.5 Å². The molecular weight excluding hydrogens is 651 g/mol. The number of nitrogens with zero attached hydrogens (tertiary/aromatic N) is 4. The highest BCUT2D eigenvalue weighted by Crippen LogP contribution is 2.41. The smallest absolute Gasteiger partial charge is 0.420 e. The molecule has 0 aliphatic carbocycles. The standard InChI is InChI=1S/C34H41ClF3N5O5/c35-27-19-22(18-26(30(27)44)34(36,37)38)20-29(31(45)41-14-8-24(9-15-41)40-12-4-1-5-13-40)48-33(47)42-16-10-25(11-17-42)43-21-23-6-2-3-7-28(23)39-32(43)46/h2-3,6-7,18-19,24-25,29,44H,1,4-5,8-17,20-21H2,(H,39,46). The molecule has 0 spiro atoms. The molecule has 4 heterocycles. The van der Waals surface area contributed by atoms with Gasteiger partial charge in [0, 0.05) is 56.9 Å². The van der Waals surface area contributed by atoms with Crippen LogP contribution in [0.1, 0.15) is 61.6 Å². The number of phenols is 1. The number of benzene rings is 2. The Labute approximate surface area is 282 Å². The van der Waals surface area contributed by atoms with Gasteiger partial charge in [-0.25, -0.2) is 9.59 Å². The van der Waals surface area contributed by atoms with Crippen LogP contribution in [0.2, 0.25) is 5.02 Å². The Kier molecular flexibility index (Phi) is 10.3. The molecule has 4 aliphatic heterocycles. The summed E-state index contributed by atoms with van der Waals surface area (Å²) in [6.45, 7) is 3.98. The number of piperidine rings is 3. The highest BCUT2D eigenvalue weighted by atomic mass is 35.5. The molecule has 1 unspecified atom stereocenters. The number of halogens is 4. The molecule has 0 radical (unpaired) electrons. The monoisotopic (exact) mass is 691 g/mol. The van der Waals surface area contributed by atoms with Crippen LogP contribution < -0.4 is 5.32 Å². The van der Waals surface area contributed by atoms with Crippen molar-refractivity contribution in [3.63, 3.8) is 0 Å². The summed E-state index contributed by atoms with van der Waals surface area (Å²) < 4.78 is 46.9. The number of hydrogen-bond donors (Lipinski definition) is 2. The molecule has 2 aromatic carbocycles. The number of fused-ring (bicyclic) bond motifs is 1. The summed E-state index contributed by atoms with van der Waals surface area (Å²) in [5.74, 6) is -1.57. The first kappa shape index (κ1) is 34.2. The van der Waals surface area contributed by atoms with Crippen LogP contribution in [0.25, 0.3) is 0 Å². The molecule has 4 aliphatic rings. The van der Waals surface area contributed by atoms with Gasteiger partial charge in [-0.05, 0) is 80.9 Å². The maximum atomic E-state index is 13.9. The number of amides is 4. The molecule has 0 aromatic heterocycles. The van der Waals surface area contributed by atoms with Gasteiger partial charge in [-0.2, -0.15) is 13.2 Å². The van der Waals surface area contributed by atoms with Crippen LogP contribution >= 0.6 is 11.6 Å². The highest BCUT2D eigenvalue weighted by molar-refractivity contribution is 6.32. The van der Waals surface area contributed by atoms with Crippen molar-refractivity contribution in [3.8, 4) is 5.75 Å². The first-order valence-electron chi connectivity index (χ1n) is 16.7. The van der Waals surface area contributed by atoms with Crippen LogP contribution in [0.4, 0.5) is 28.4 Å². The number of likely N-dealkylation sites (tertiary alicyclic amines) is 3. The predicted octanol–water partition coefficient (Wildman–Crippen LogP) is 6.10. The van der Waals surface area contributed by atoms with Crippen LogP contribution in [0.5, 0.6) is 5.75 Å². The number of alkyl halides is 3. The molecule has 14 heteroatoms. The molecule has 0 saturated carbocycles. The molecule has 3 fully saturated rings. The van der Waals surface area contributed by atoms with E-state index in [1.165, 1.54) is 11.3 Å². The molecule has 260 valence electrons. The van der Waals surface area contributed by atoms with Crippen molar-refractivity contribution in [2.45, 2.75) is 82.3 Å². The number of anilines is 1. The van der Waals surface area contributed by atoms with E-state index in [4.69, 9.17) is 16.3 Å². The third kappa shape index (κ3) is 7.62. The quantitative estimate of drug-likeness (QED) is 0.380. The minimum atomic E-state index is -4.88. The van der Waals surface area contributed by atoms with Crippen LogP contribution in [-0.4, -0.2) is 100 Å². The largest absolute Gasteiger partial charge is 0.506 e. The molecular formula is C34H41ClF3N5O5. The third-order valence-corrected chi connectivity index (χ3v) is 10.4. The lowest BCUT2D eigenvalue weighted by atomic mass is 9.98. The van der Waals surface area contributed by atoms with Crippen molar-refractivity contribution in [3.05, 3.63) is 58.1 Å². The third-order valence-electron chi connectivity index (χ3n) is 10.1. The number of phenolic OH excluding ortho intramolecular Hbond substituents is 1. The maximum absolute atomic E-state index is 13.9. The second-order valence-corrected chi connectivity index (χ2v) is 13.5. The molecule has 2 aromatic rings. The topological polar surface area (TPSA) is 106 Å². The molecule has 2 N–H and O–H groups in total. The number of aromatic hydroxyl groups is 1. The average Bonchev–Trinajstić information content (AvgIpc) is 3.09. The maximum Gasteiger partial charge on any atom is 0.420 e. The van der Waals surface area contributed by atoms with Crippen molar-refractivity contribution in [1.82, 2.24) is 19.6 Å². The first-order valence-corrected chi connectivity index (χ1v) is 17.1. The normalized spacial score (nSPS) is 20.7. The van der Waals surface area contributed by atoms with Crippen LogP contribution in [0.3, 0.4) is 0 Å². The number of ether oxygens (including phenoxy) is 1. The van der Waals surface area contributed by atoms with Crippen molar-refractivity contribution in [2.24, 2.45) is 0 Å². The first-order chi connectivity index (χ1) is 23.0. The molecule has 10 nitrogen and oxygen atoms in total. The van der Waals surface area contributed by atoms with E-state index >= 15 is 0 Å². The van der Waals surface area contributed by atoms with Crippen molar-refractivity contribution in [2.75, 3.05) is 44.6 Å². The fourth-order valence-electron chi connectivity index (χ4n) is 7.39. The molecule has 6 rings (SSSR count). The lowest BCUT2D eigenvalue weighted by molar-refractivity contribution is -0.142. The number of urea groups is 1. The van der Waals surface area contributed by atoms with E-state index in [9.17, 15) is 32.7 Å². The highest BCUT2D eigenvalue weighted by Gasteiger charge is 2.39. The zero-order chi connectivity index (χ0) is 34.0. The molecule has 4 amide bonds. The molecule has 1 atom stereocenters. The van der Waals surface area contributed by atoms with Gasteiger partial charge in [0.1, 0.15) is 5.75 Å². The summed E-state index contributed by atoms with van der Waals surface area (Å²) in [6, 6.07) is 9.54. The number of para-hydroxylation sites is 1. The SMILES string of the molecule is O=C(OC(Cc1cc(Cl)c(O)c(C(F)(F)F)c1)C(=O)N1CCC(N2CCCCC2)CC1)N1CCC(N2Cc3ccccc3NC2=O)CC1. The van der Waals surface area contributed by atoms with Crippen LogP contribution in [-0.2, 0) is 28.7 Å². The Morgan fingerprint density at radius 3 is 2.27 bits per heavy atom. The van der Waals surface area contributed by atoms with E-state index in [0.717, 1.165) is 62.2 Å². The summed E-state index contributed by atoms with van der Waals surface area (Å²) in [7, 11) is 0. The zero-order valence-electron chi connectivity index (χ0n) is 26.7. The number of carbonyl (C=O) groups is 3. The van der Waals surface area contributed by atoms with Gasteiger partial charge < -0.3 is 34.8 Å². The Morgan fingerprint density at radius 2 is 1.58 bits per heavy atom. The van der Waals surface area contributed by atoms with E-state index in [2.05, 4.69) is 10.2 Å². The molecule has 3 saturated heterocycles. The van der Waals surface area contributed by atoms with Gasteiger partial charge in [0.05, 0.1) is 10.6 Å². The van der Waals surface area contributed by atoms with Gasteiger partial charge in [-0.3, -0.25) is 4.79 Å². The minimum absolute atomic E-state index is 0.00887. The van der Waals surface area contributed by atoms with Gasteiger partial charge in [0.2, 0.25) is 0 Å². The predicted molar refractivity (Wildman–Crippen MR) is 173 cm³/mol. The van der Waals surface area contributed by atoms with Gasteiger partial charge in [0.15, 0.2) is 6.10 Å². The Bertz CT molecular complexity index is 1500. The van der Waals surface area contributed by atoms with Crippen LogP contribution in [0.15, 0.2) is 36.4 Å². The number of hydrogen-bond acceptors (Lipinski definition) is 6.